The summed E-state index contributed by atoms with van der Waals surface area (Å²) < 4.78 is 27.4. The summed E-state index contributed by atoms with van der Waals surface area (Å²) in [6, 6.07) is 8.55. The van der Waals surface area contributed by atoms with Crippen LogP contribution in [0.5, 0.6) is 0 Å². The predicted molar refractivity (Wildman–Crippen MR) is 72.6 cm³/mol. The summed E-state index contributed by atoms with van der Waals surface area (Å²) in [7, 11) is 0. The van der Waals surface area contributed by atoms with E-state index in [1.54, 1.807) is 18.2 Å². The van der Waals surface area contributed by atoms with Crippen molar-refractivity contribution in [3.63, 3.8) is 0 Å². The third kappa shape index (κ3) is 1.91. The molecule has 1 aliphatic rings. The summed E-state index contributed by atoms with van der Waals surface area (Å²) in [5.74, 6) is -2.36. The molecule has 0 saturated heterocycles. The van der Waals surface area contributed by atoms with Gasteiger partial charge in [0.1, 0.15) is 17.2 Å². The van der Waals surface area contributed by atoms with E-state index >= 15 is 0 Å². The number of halogens is 2. The van der Waals surface area contributed by atoms with Gasteiger partial charge in [-0.2, -0.15) is 0 Å². The minimum atomic E-state index is -0.848. The van der Waals surface area contributed by atoms with E-state index in [1.165, 1.54) is 11.0 Å². The molecule has 0 unspecified atom stereocenters. The summed E-state index contributed by atoms with van der Waals surface area (Å²) >= 11 is 0. The Bertz CT molecular complexity index is 680. The number of benzene rings is 2. The molecule has 3 nitrogen and oxygen atoms in total. The second-order valence-corrected chi connectivity index (χ2v) is 4.69. The highest BCUT2D eigenvalue weighted by molar-refractivity contribution is 6.07. The van der Waals surface area contributed by atoms with Gasteiger partial charge in [0, 0.05) is 17.9 Å². The Hall–Kier alpha value is -2.43. The lowest BCUT2D eigenvalue weighted by Crippen LogP contribution is -2.30. The van der Waals surface area contributed by atoms with Crippen LogP contribution in [-0.4, -0.2) is 12.5 Å². The van der Waals surface area contributed by atoms with Gasteiger partial charge in [-0.25, -0.2) is 8.78 Å². The first-order valence-electron chi connectivity index (χ1n) is 6.22. The molecule has 5 heteroatoms. The normalized spacial score (nSPS) is 13.4. The average Bonchev–Trinajstić information content (AvgIpc) is 2.81. The fourth-order valence-corrected chi connectivity index (χ4v) is 2.47. The van der Waals surface area contributed by atoms with Crippen LogP contribution in [0, 0.1) is 11.6 Å². The van der Waals surface area contributed by atoms with Gasteiger partial charge in [-0.05, 0) is 42.3 Å². The molecular formula is C15H12F2N2O. The van der Waals surface area contributed by atoms with E-state index in [9.17, 15) is 13.6 Å². The number of hydrogen-bond donors (Lipinski definition) is 1. The van der Waals surface area contributed by atoms with Crippen molar-refractivity contribution in [2.45, 2.75) is 6.42 Å². The molecule has 2 aromatic rings. The Labute approximate surface area is 114 Å². The van der Waals surface area contributed by atoms with Gasteiger partial charge in [0.2, 0.25) is 0 Å². The van der Waals surface area contributed by atoms with Crippen LogP contribution in [0.2, 0.25) is 0 Å². The number of fused-ring (bicyclic) bond motifs is 1. The maximum atomic E-state index is 13.7. The summed E-state index contributed by atoms with van der Waals surface area (Å²) in [5.41, 5.74) is 7.35. The van der Waals surface area contributed by atoms with E-state index in [4.69, 9.17) is 5.73 Å². The van der Waals surface area contributed by atoms with Gasteiger partial charge < -0.3 is 10.6 Å². The zero-order valence-corrected chi connectivity index (χ0v) is 10.6. The number of hydrogen-bond acceptors (Lipinski definition) is 2. The van der Waals surface area contributed by atoms with Crippen molar-refractivity contribution in [2.24, 2.45) is 0 Å². The summed E-state index contributed by atoms with van der Waals surface area (Å²) in [6.45, 7) is 0.394. The molecule has 2 aromatic carbocycles. The van der Waals surface area contributed by atoms with Crippen LogP contribution in [0.25, 0.3) is 0 Å². The monoisotopic (exact) mass is 274 g/mol. The van der Waals surface area contributed by atoms with Crippen LogP contribution in [0.4, 0.5) is 20.2 Å². The fourth-order valence-electron chi connectivity index (χ4n) is 2.47. The Morgan fingerprint density at radius 3 is 2.55 bits per heavy atom. The minimum Gasteiger partial charge on any atom is -0.399 e. The van der Waals surface area contributed by atoms with Crippen LogP contribution < -0.4 is 10.6 Å². The Kier molecular flexibility index (Phi) is 2.89. The lowest BCUT2D eigenvalue weighted by atomic mass is 10.1. The van der Waals surface area contributed by atoms with Crippen molar-refractivity contribution < 1.29 is 13.6 Å². The van der Waals surface area contributed by atoms with Gasteiger partial charge in [-0.3, -0.25) is 4.79 Å². The van der Waals surface area contributed by atoms with E-state index in [1.807, 2.05) is 0 Å². The highest BCUT2D eigenvalue weighted by atomic mass is 19.1. The Balaban J connectivity index is 2.02. The number of nitrogen functional groups attached to an aromatic ring is 1. The van der Waals surface area contributed by atoms with Crippen LogP contribution in [0.1, 0.15) is 15.9 Å². The fraction of sp³-hybridized carbons (Fsp3) is 0.133. The number of nitrogens with zero attached hydrogens (tertiary/aromatic N) is 1. The van der Waals surface area contributed by atoms with Crippen molar-refractivity contribution in [1.82, 2.24) is 0 Å². The second kappa shape index (κ2) is 4.59. The number of nitrogens with two attached hydrogens (primary N) is 1. The Morgan fingerprint density at radius 1 is 1.15 bits per heavy atom. The van der Waals surface area contributed by atoms with Gasteiger partial charge in [-0.1, -0.05) is 6.07 Å². The quantitative estimate of drug-likeness (QED) is 0.813. The average molecular weight is 274 g/mol. The molecule has 20 heavy (non-hydrogen) atoms. The van der Waals surface area contributed by atoms with Gasteiger partial charge in [0.25, 0.3) is 5.91 Å². The van der Waals surface area contributed by atoms with Gasteiger partial charge in [-0.15, -0.1) is 0 Å². The molecule has 2 N–H and O–H groups in total. The van der Waals surface area contributed by atoms with Crippen LogP contribution in [0.15, 0.2) is 36.4 Å². The molecule has 0 radical (unpaired) electrons. The van der Waals surface area contributed by atoms with Gasteiger partial charge >= 0.3 is 0 Å². The first kappa shape index (κ1) is 12.6. The van der Waals surface area contributed by atoms with Crippen LogP contribution >= 0.6 is 0 Å². The molecule has 102 valence electrons. The van der Waals surface area contributed by atoms with E-state index in [-0.39, 0.29) is 0 Å². The maximum Gasteiger partial charge on any atom is 0.264 e. The Morgan fingerprint density at radius 2 is 1.85 bits per heavy atom. The molecule has 0 aliphatic carbocycles. The van der Waals surface area contributed by atoms with E-state index in [2.05, 4.69) is 0 Å². The number of rotatable bonds is 1. The third-order valence-electron chi connectivity index (χ3n) is 3.42. The highest BCUT2D eigenvalue weighted by Gasteiger charge is 2.29. The third-order valence-corrected chi connectivity index (χ3v) is 3.42. The molecule has 3 rings (SSSR count). The first-order valence-corrected chi connectivity index (χ1v) is 6.22. The lowest BCUT2D eigenvalue weighted by Gasteiger charge is -2.18. The SMILES string of the molecule is Nc1ccc2c(c1)CCN2C(=O)c1c(F)cccc1F. The lowest BCUT2D eigenvalue weighted by molar-refractivity contribution is 0.0981. The van der Waals surface area contributed by atoms with E-state index in [0.717, 1.165) is 17.7 Å². The minimum absolute atomic E-state index is 0.394. The van der Waals surface area contributed by atoms with Crippen LogP contribution in [0.3, 0.4) is 0 Å². The molecule has 0 saturated carbocycles. The largest absolute Gasteiger partial charge is 0.399 e. The zero-order chi connectivity index (χ0) is 14.3. The molecule has 0 atom stereocenters. The summed E-state index contributed by atoms with van der Waals surface area (Å²) in [6.07, 6.45) is 0.627. The van der Waals surface area contributed by atoms with Crippen molar-refractivity contribution in [2.75, 3.05) is 17.2 Å². The zero-order valence-electron chi connectivity index (χ0n) is 10.6. The summed E-state index contributed by atoms with van der Waals surface area (Å²) in [4.78, 5) is 13.7. The second-order valence-electron chi connectivity index (χ2n) is 4.69. The maximum absolute atomic E-state index is 13.7. The van der Waals surface area contributed by atoms with Crippen molar-refractivity contribution >= 4 is 17.3 Å². The molecule has 1 amide bonds. The van der Waals surface area contributed by atoms with Gasteiger partial charge in [0.05, 0.1) is 0 Å². The van der Waals surface area contributed by atoms with Crippen LogP contribution in [-0.2, 0) is 6.42 Å². The standard InChI is InChI=1S/C15H12F2N2O/c16-11-2-1-3-12(17)14(11)15(20)19-7-6-9-8-10(18)4-5-13(9)19/h1-5,8H,6-7,18H2. The predicted octanol–water partition coefficient (Wildman–Crippen LogP) is 2.75. The van der Waals surface area contributed by atoms with E-state index in [0.29, 0.717) is 24.3 Å². The smallest absolute Gasteiger partial charge is 0.264 e. The van der Waals surface area contributed by atoms with Gasteiger partial charge in [0.15, 0.2) is 0 Å². The molecule has 1 aliphatic heterocycles. The van der Waals surface area contributed by atoms with Crippen molar-refractivity contribution in [3.8, 4) is 0 Å². The molecule has 0 bridgehead atoms. The molecule has 0 aromatic heterocycles. The molecule has 1 heterocycles. The number of carbonyl (C=O) groups excluding carboxylic acids is 1. The number of amides is 1. The number of anilines is 2. The van der Waals surface area contributed by atoms with Crippen molar-refractivity contribution in [1.29, 1.82) is 0 Å². The molecular weight excluding hydrogens is 262 g/mol. The molecule has 0 spiro atoms. The summed E-state index contributed by atoms with van der Waals surface area (Å²) in [5, 5.41) is 0. The molecule has 0 fully saturated rings. The van der Waals surface area contributed by atoms with Crippen molar-refractivity contribution in [3.05, 3.63) is 59.2 Å². The topological polar surface area (TPSA) is 46.3 Å². The highest BCUT2D eigenvalue weighted by Crippen LogP contribution is 2.31. The number of carbonyl (C=O) groups is 1. The van der Waals surface area contributed by atoms with E-state index < -0.39 is 23.1 Å². The first-order chi connectivity index (χ1) is 9.58.